The van der Waals surface area contributed by atoms with Crippen molar-refractivity contribution in [2.24, 2.45) is 0 Å². The molecule has 0 radical (unpaired) electrons. The van der Waals surface area contributed by atoms with Crippen molar-refractivity contribution in [1.29, 1.82) is 0 Å². The molecule has 0 N–H and O–H groups in total. The minimum absolute atomic E-state index is 0.0372. The molecule has 0 aliphatic carbocycles. The lowest BCUT2D eigenvalue weighted by Crippen LogP contribution is -2.48. The molecular formula is C21H18INO2S3. The van der Waals surface area contributed by atoms with E-state index < -0.39 is 5.54 Å². The van der Waals surface area contributed by atoms with Crippen LogP contribution in [0.15, 0.2) is 42.5 Å². The van der Waals surface area contributed by atoms with Crippen molar-refractivity contribution in [2.75, 3.05) is 11.5 Å². The lowest BCUT2D eigenvalue weighted by atomic mass is 9.86. The summed E-state index contributed by atoms with van der Waals surface area (Å²) in [6.45, 7) is 6.65. The predicted octanol–water partition coefficient (Wildman–Crippen LogP) is 7.10. The Morgan fingerprint density at radius 3 is 2.57 bits per heavy atom. The van der Waals surface area contributed by atoms with Crippen LogP contribution in [0.3, 0.4) is 0 Å². The molecular weight excluding hydrogens is 521 g/mol. The standard InChI is InChI=1S/C21H18INO2S3/c1-4-25-15-7-5-6-14-16-18(27-28-20(16)26)21(2,3)23(17(14)15)19(24)12-8-10-13(22)11-9-12/h5-11H,4H2,1-3H3. The zero-order valence-corrected chi connectivity index (χ0v) is 20.2. The number of rotatable bonds is 3. The van der Waals surface area contributed by atoms with Gasteiger partial charge in [-0.05, 0) is 73.7 Å². The number of hydrogen-bond donors (Lipinski definition) is 0. The van der Waals surface area contributed by atoms with Crippen molar-refractivity contribution in [3.05, 3.63) is 60.3 Å². The molecule has 0 bridgehead atoms. The zero-order chi connectivity index (χ0) is 20.1. The lowest BCUT2D eigenvalue weighted by Gasteiger charge is -2.43. The number of ether oxygens (including phenoxy) is 1. The first-order chi connectivity index (χ1) is 13.4. The molecule has 1 aromatic heterocycles. The number of hydrogen-bond acceptors (Lipinski definition) is 5. The van der Waals surface area contributed by atoms with Crippen LogP contribution >= 0.6 is 55.5 Å². The molecule has 1 aliphatic rings. The summed E-state index contributed by atoms with van der Waals surface area (Å²) in [6, 6.07) is 13.6. The van der Waals surface area contributed by atoms with Crippen LogP contribution in [0, 0.1) is 7.39 Å². The van der Waals surface area contributed by atoms with Gasteiger partial charge in [0.25, 0.3) is 5.91 Å². The van der Waals surface area contributed by atoms with Gasteiger partial charge in [-0.1, -0.05) is 45.0 Å². The van der Waals surface area contributed by atoms with E-state index in [9.17, 15) is 4.79 Å². The first kappa shape index (κ1) is 20.0. The molecule has 3 aromatic rings. The molecule has 0 unspecified atom stereocenters. The maximum atomic E-state index is 13.7. The van der Waals surface area contributed by atoms with Gasteiger partial charge in [-0.3, -0.25) is 9.69 Å². The first-order valence-corrected chi connectivity index (χ1v) is 12.5. The summed E-state index contributed by atoms with van der Waals surface area (Å²) >= 11 is 7.90. The van der Waals surface area contributed by atoms with Crippen LogP contribution in [0.1, 0.15) is 36.0 Å². The molecule has 7 heteroatoms. The molecule has 0 fully saturated rings. The van der Waals surface area contributed by atoms with Crippen molar-refractivity contribution in [3.63, 3.8) is 0 Å². The minimum atomic E-state index is -0.534. The van der Waals surface area contributed by atoms with E-state index in [4.69, 9.17) is 17.0 Å². The van der Waals surface area contributed by atoms with Crippen molar-refractivity contribution >= 4 is 67.1 Å². The van der Waals surface area contributed by atoms with Gasteiger partial charge >= 0.3 is 0 Å². The van der Waals surface area contributed by atoms with Gasteiger partial charge in [0.2, 0.25) is 0 Å². The molecule has 1 aliphatic heterocycles. The number of fused-ring (bicyclic) bond motifs is 3. The van der Waals surface area contributed by atoms with Gasteiger partial charge in [0.05, 0.1) is 22.7 Å². The van der Waals surface area contributed by atoms with Gasteiger partial charge in [-0.15, -0.1) is 0 Å². The maximum absolute atomic E-state index is 13.7. The van der Waals surface area contributed by atoms with Gasteiger partial charge in [-0.2, -0.15) is 0 Å². The third-order valence-corrected chi connectivity index (χ3v) is 8.88. The number of carbonyl (C=O) groups excluding carboxylic acids is 1. The summed E-state index contributed by atoms with van der Waals surface area (Å²) in [4.78, 5) is 16.7. The maximum Gasteiger partial charge on any atom is 0.259 e. The molecule has 4 rings (SSSR count). The molecule has 0 atom stereocenters. The van der Waals surface area contributed by atoms with Crippen LogP contribution in [-0.4, -0.2) is 12.5 Å². The van der Waals surface area contributed by atoms with Crippen molar-refractivity contribution < 1.29 is 9.53 Å². The van der Waals surface area contributed by atoms with Crippen LogP contribution in [0.25, 0.3) is 11.1 Å². The Balaban J connectivity index is 2.00. The molecule has 2 aromatic carbocycles. The zero-order valence-electron chi connectivity index (χ0n) is 15.6. The minimum Gasteiger partial charge on any atom is -0.492 e. The van der Waals surface area contributed by atoms with E-state index in [1.807, 2.05) is 54.3 Å². The second-order valence-corrected chi connectivity index (χ2v) is 11.0. The van der Waals surface area contributed by atoms with Crippen LogP contribution in [0.4, 0.5) is 5.69 Å². The molecule has 3 nitrogen and oxygen atoms in total. The summed E-state index contributed by atoms with van der Waals surface area (Å²) in [7, 11) is 3.26. The third kappa shape index (κ3) is 3.12. The van der Waals surface area contributed by atoms with Crippen molar-refractivity contribution in [3.8, 4) is 16.9 Å². The monoisotopic (exact) mass is 539 g/mol. The van der Waals surface area contributed by atoms with Crippen molar-refractivity contribution in [2.45, 2.75) is 26.3 Å². The summed E-state index contributed by atoms with van der Waals surface area (Å²) in [5.74, 6) is 0.674. The first-order valence-electron chi connectivity index (χ1n) is 8.86. The van der Waals surface area contributed by atoms with Gasteiger partial charge in [-0.25, -0.2) is 0 Å². The molecule has 2 heterocycles. The molecule has 1 amide bonds. The van der Waals surface area contributed by atoms with Crippen LogP contribution in [0.5, 0.6) is 5.75 Å². The fraction of sp³-hybridized carbons (Fsp3) is 0.238. The smallest absolute Gasteiger partial charge is 0.259 e. The fourth-order valence-electron chi connectivity index (χ4n) is 3.58. The van der Waals surface area contributed by atoms with Gasteiger partial charge < -0.3 is 4.74 Å². The quantitative estimate of drug-likeness (QED) is 0.202. The van der Waals surface area contributed by atoms with Gasteiger partial charge in [0.15, 0.2) is 0 Å². The molecule has 0 spiro atoms. The molecule has 0 saturated heterocycles. The van der Waals surface area contributed by atoms with Crippen LogP contribution in [-0.2, 0) is 5.54 Å². The van der Waals surface area contributed by atoms with E-state index in [2.05, 4.69) is 36.4 Å². The Morgan fingerprint density at radius 2 is 1.89 bits per heavy atom. The SMILES string of the molecule is CCOc1cccc2c1N(C(=O)c1ccc(I)cc1)C(C)(C)c1ssc(=S)c1-2. The Morgan fingerprint density at radius 1 is 1.18 bits per heavy atom. The number of amides is 1. The Hall–Kier alpha value is -1.29. The Labute approximate surface area is 190 Å². The fourth-order valence-corrected chi connectivity index (χ4v) is 7.22. The summed E-state index contributed by atoms with van der Waals surface area (Å²) in [5.41, 5.74) is 2.98. The molecule has 144 valence electrons. The average molecular weight is 539 g/mol. The number of para-hydroxylation sites is 1. The highest BCUT2D eigenvalue weighted by atomic mass is 127. The highest BCUT2D eigenvalue weighted by Crippen LogP contribution is 2.55. The van der Waals surface area contributed by atoms with E-state index in [1.54, 1.807) is 20.7 Å². The predicted molar refractivity (Wildman–Crippen MR) is 129 cm³/mol. The summed E-state index contributed by atoms with van der Waals surface area (Å²) in [6.07, 6.45) is 0. The Kier molecular flexibility index (Phi) is 5.37. The third-order valence-electron chi connectivity index (χ3n) is 4.83. The highest BCUT2D eigenvalue weighted by Gasteiger charge is 2.44. The molecule has 0 saturated carbocycles. The molecule has 28 heavy (non-hydrogen) atoms. The normalized spacial score (nSPS) is 14.4. The van der Waals surface area contributed by atoms with E-state index in [0.29, 0.717) is 17.9 Å². The van der Waals surface area contributed by atoms with Crippen molar-refractivity contribution in [1.82, 2.24) is 0 Å². The summed E-state index contributed by atoms with van der Waals surface area (Å²) in [5, 5.41) is 0. The number of anilines is 1. The topological polar surface area (TPSA) is 29.5 Å². The second kappa shape index (κ2) is 7.51. The van der Waals surface area contributed by atoms with Crippen LogP contribution < -0.4 is 9.64 Å². The van der Waals surface area contributed by atoms with Crippen LogP contribution in [0.2, 0.25) is 0 Å². The number of nitrogens with zero attached hydrogens (tertiary/aromatic N) is 1. The summed E-state index contributed by atoms with van der Waals surface area (Å²) < 4.78 is 7.91. The highest BCUT2D eigenvalue weighted by molar-refractivity contribution is 14.1. The average Bonchev–Trinajstić information content (AvgIpc) is 3.06. The number of carbonyl (C=O) groups is 1. The number of halogens is 1. The van der Waals surface area contributed by atoms with E-state index >= 15 is 0 Å². The lowest BCUT2D eigenvalue weighted by molar-refractivity contribution is 0.0960. The largest absolute Gasteiger partial charge is 0.492 e. The van der Waals surface area contributed by atoms with Gasteiger partial charge in [0.1, 0.15) is 9.57 Å². The second-order valence-electron chi connectivity index (χ2n) is 6.95. The number of benzene rings is 2. The van der Waals surface area contributed by atoms with E-state index in [-0.39, 0.29) is 5.91 Å². The van der Waals surface area contributed by atoms with Gasteiger partial charge in [0, 0.05) is 20.3 Å². The Bertz CT molecular complexity index is 1120. The van der Waals surface area contributed by atoms with E-state index in [0.717, 1.165) is 29.1 Å². The van der Waals surface area contributed by atoms with E-state index in [1.165, 1.54) is 0 Å².